The number of hydrogen-bond acceptors (Lipinski definition) is 3. The van der Waals surface area contributed by atoms with Crippen LogP contribution in [0.4, 0.5) is 5.69 Å². The fraction of sp³-hybridized carbons (Fsp3) is 0.333. The first-order valence-electron chi connectivity index (χ1n) is 8.17. The first kappa shape index (κ1) is 19.3. The smallest absolute Gasteiger partial charge is 0.226 e. The van der Waals surface area contributed by atoms with Gasteiger partial charge in [-0.15, -0.1) is 0 Å². The zero-order valence-corrected chi connectivity index (χ0v) is 16.0. The number of amides is 1. The summed E-state index contributed by atoms with van der Waals surface area (Å²) < 4.78 is 0. The summed E-state index contributed by atoms with van der Waals surface area (Å²) in [7, 11) is 0. The predicted octanol–water partition coefficient (Wildman–Crippen LogP) is 3.79. The topological polar surface area (TPSA) is 65.5 Å². The van der Waals surface area contributed by atoms with E-state index in [1.54, 1.807) is 11.3 Å². The minimum absolute atomic E-state index is 0.0908. The van der Waals surface area contributed by atoms with Gasteiger partial charge in [-0.1, -0.05) is 17.7 Å². The van der Waals surface area contributed by atoms with E-state index >= 15 is 0 Å². The summed E-state index contributed by atoms with van der Waals surface area (Å²) >= 11 is 7.79. The Labute approximate surface area is 157 Å². The number of halogens is 1. The quantitative estimate of drug-likeness (QED) is 0.507. The van der Waals surface area contributed by atoms with Crippen LogP contribution in [0.2, 0.25) is 5.02 Å². The van der Waals surface area contributed by atoms with Crippen molar-refractivity contribution in [1.29, 1.82) is 0 Å². The van der Waals surface area contributed by atoms with Gasteiger partial charge in [0.05, 0.1) is 17.3 Å². The molecule has 0 atom stereocenters. The SMILES string of the molecule is CCNC(=NCc1ccsc1)NCCC(=O)Nc1ccc(C)cc1Cl. The van der Waals surface area contributed by atoms with Gasteiger partial charge in [-0.25, -0.2) is 4.99 Å². The fourth-order valence-corrected chi connectivity index (χ4v) is 3.07. The number of anilines is 1. The Hall–Kier alpha value is -2.05. The summed E-state index contributed by atoms with van der Waals surface area (Å²) in [6.45, 7) is 5.84. The molecule has 1 aromatic carbocycles. The van der Waals surface area contributed by atoms with Crippen molar-refractivity contribution in [2.45, 2.75) is 26.8 Å². The summed E-state index contributed by atoms with van der Waals surface area (Å²) in [5.74, 6) is 0.613. The van der Waals surface area contributed by atoms with E-state index in [-0.39, 0.29) is 5.91 Å². The Kier molecular flexibility index (Phi) is 7.76. The van der Waals surface area contributed by atoms with Gasteiger partial charge in [-0.3, -0.25) is 4.79 Å². The molecule has 5 nitrogen and oxygen atoms in total. The maximum atomic E-state index is 12.1. The third-order valence-corrected chi connectivity index (χ3v) is 4.43. The number of guanidine groups is 1. The maximum absolute atomic E-state index is 12.1. The highest BCUT2D eigenvalue weighted by Gasteiger charge is 2.06. The van der Waals surface area contributed by atoms with Crippen LogP contribution in [0, 0.1) is 6.92 Å². The number of nitrogens with zero attached hydrogens (tertiary/aromatic N) is 1. The number of thiophene rings is 1. The van der Waals surface area contributed by atoms with Crippen LogP contribution in [0.5, 0.6) is 0 Å². The lowest BCUT2D eigenvalue weighted by molar-refractivity contribution is -0.116. The van der Waals surface area contributed by atoms with Crippen LogP contribution in [0.3, 0.4) is 0 Å². The zero-order chi connectivity index (χ0) is 18.1. The van der Waals surface area contributed by atoms with E-state index in [0.29, 0.717) is 36.2 Å². The first-order chi connectivity index (χ1) is 12.1. The van der Waals surface area contributed by atoms with Crippen molar-refractivity contribution in [2.75, 3.05) is 18.4 Å². The van der Waals surface area contributed by atoms with Crippen molar-refractivity contribution < 1.29 is 4.79 Å². The standard InChI is InChI=1S/C18H23ClN4OS/c1-3-20-18(22-11-14-7-9-25-12-14)21-8-6-17(24)23-16-5-4-13(2)10-15(16)19/h4-5,7,9-10,12H,3,6,8,11H2,1-2H3,(H,23,24)(H2,20,21,22). The van der Waals surface area contributed by atoms with Crippen LogP contribution >= 0.6 is 22.9 Å². The zero-order valence-electron chi connectivity index (χ0n) is 14.4. The minimum Gasteiger partial charge on any atom is -0.357 e. The van der Waals surface area contributed by atoms with Gasteiger partial charge in [-0.05, 0) is 53.9 Å². The molecule has 1 aromatic heterocycles. The third-order valence-electron chi connectivity index (χ3n) is 3.39. The fourth-order valence-electron chi connectivity index (χ4n) is 2.12. The average Bonchev–Trinajstić information content (AvgIpc) is 3.09. The molecule has 2 rings (SSSR count). The second-order valence-corrected chi connectivity index (χ2v) is 6.72. The molecule has 1 heterocycles. The second kappa shape index (κ2) is 10.1. The summed E-state index contributed by atoms with van der Waals surface area (Å²) in [5.41, 5.74) is 2.87. The molecule has 0 bridgehead atoms. The maximum Gasteiger partial charge on any atom is 0.226 e. The molecule has 134 valence electrons. The number of aliphatic imine (C=N–C) groups is 1. The molecule has 0 aliphatic carbocycles. The van der Waals surface area contributed by atoms with E-state index in [1.165, 1.54) is 5.56 Å². The highest BCUT2D eigenvalue weighted by atomic mass is 35.5. The normalized spacial score (nSPS) is 11.2. The second-order valence-electron chi connectivity index (χ2n) is 5.54. The molecule has 0 spiro atoms. The van der Waals surface area contributed by atoms with E-state index in [0.717, 1.165) is 12.1 Å². The number of aryl methyl sites for hydroxylation is 1. The monoisotopic (exact) mass is 378 g/mol. The molecule has 0 aliphatic rings. The number of carbonyl (C=O) groups excluding carboxylic acids is 1. The summed E-state index contributed by atoms with van der Waals surface area (Å²) in [5, 5.41) is 13.8. The molecule has 3 N–H and O–H groups in total. The van der Waals surface area contributed by atoms with Gasteiger partial charge in [0.15, 0.2) is 5.96 Å². The lowest BCUT2D eigenvalue weighted by Crippen LogP contribution is -2.38. The molecule has 25 heavy (non-hydrogen) atoms. The largest absolute Gasteiger partial charge is 0.357 e. The van der Waals surface area contributed by atoms with E-state index < -0.39 is 0 Å². The van der Waals surface area contributed by atoms with Gasteiger partial charge in [0.1, 0.15) is 0 Å². The molecule has 1 amide bonds. The van der Waals surface area contributed by atoms with Crippen LogP contribution in [-0.2, 0) is 11.3 Å². The summed E-state index contributed by atoms with van der Waals surface area (Å²) in [6.07, 6.45) is 0.326. The molecule has 0 aliphatic heterocycles. The Morgan fingerprint density at radius 2 is 2.12 bits per heavy atom. The van der Waals surface area contributed by atoms with Gasteiger partial charge in [0.25, 0.3) is 0 Å². The first-order valence-corrected chi connectivity index (χ1v) is 9.50. The summed E-state index contributed by atoms with van der Waals surface area (Å²) in [6, 6.07) is 7.61. The molecular weight excluding hydrogens is 356 g/mol. The van der Waals surface area contributed by atoms with Crippen molar-refractivity contribution >= 4 is 40.5 Å². The third kappa shape index (κ3) is 6.76. The van der Waals surface area contributed by atoms with Crippen molar-refractivity contribution in [1.82, 2.24) is 10.6 Å². The lowest BCUT2D eigenvalue weighted by Gasteiger charge is -2.12. The van der Waals surface area contributed by atoms with Crippen LogP contribution < -0.4 is 16.0 Å². The number of hydrogen-bond donors (Lipinski definition) is 3. The van der Waals surface area contributed by atoms with E-state index in [9.17, 15) is 4.79 Å². The van der Waals surface area contributed by atoms with Crippen molar-refractivity contribution in [3.8, 4) is 0 Å². The number of rotatable bonds is 7. The number of nitrogens with one attached hydrogen (secondary N) is 3. The average molecular weight is 379 g/mol. The molecule has 0 unspecified atom stereocenters. The predicted molar refractivity (Wildman–Crippen MR) is 107 cm³/mol. The molecule has 7 heteroatoms. The van der Waals surface area contributed by atoms with Crippen LogP contribution in [0.15, 0.2) is 40.0 Å². The van der Waals surface area contributed by atoms with Crippen molar-refractivity contribution in [3.05, 3.63) is 51.2 Å². The van der Waals surface area contributed by atoms with Crippen LogP contribution in [0.1, 0.15) is 24.5 Å². The minimum atomic E-state index is -0.0908. The summed E-state index contributed by atoms with van der Waals surface area (Å²) in [4.78, 5) is 16.6. The Morgan fingerprint density at radius 3 is 2.80 bits per heavy atom. The van der Waals surface area contributed by atoms with Crippen molar-refractivity contribution in [3.63, 3.8) is 0 Å². The highest BCUT2D eigenvalue weighted by molar-refractivity contribution is 7.07. The lowest BCUT2D eigenvalue weighted by atomic mass is 10.2. The van der Waals surface area contributed by atoms with Crippen LogP contribution in [-0.4, -0.2) is 25.0 Å². The van der Waals surface area contributed by atoms with Crippen molar-refractivity contribution in [2.24, 2.45) is 4.99 Å². The van der Waals surface area contributed by atoms with Crippen LogP contribution in [0.25, 0.3) is 0 Å². The highest BCUT2D eigenvalue weighted by Crippen LogP contribution is 2.22. The molecule has 2 aromatic rings. The van der Waals surface area contributed by atoms with E-state index in [2.05, 4.69) is 32.4 Å². The Balaban J connectivity index is 1.80. The molecule has 0 saturated carbocycles. The Morgan fingerprint density at radius 1 is 1.28 bits per heavy atom. The Bertz CT molecular complexity index is 716. The van der Waals surface area contributed by atoms with E-state index in [4.69, 9.17) is 11.6 Å². The number of carbonyl (C=O) groups is 1. The van der Waals surface area contributed by atoms with Gasteiger partial charge >= 0.3 is 0 Å². The molecule has 0 radical (unpaired) electrons. The molecule has 0 saturated heterocycles. The number of benzene rings is 1. The molecule has 0 fully saturated rings. The van der Waals surface area contributed by atoms with Gasteiger partial charge < -0.3 is 16.0 Å². The van der Waals surface area contributed by atoms with Gasteiger partial charge in [0, 0.05) is 19.5 Å². The van der Waals surface area contributed by atoms with E-state index in [1.807, 2.05) is 37.4 Å². The molecular formula is C18H23ClN4OS. The van der Waals surface area contributed by atoms with Gasteiger partial charge in [-0.2, -0.15) is 11.3 Å². The van der Waals surface area contributed by atoms with Gasteiger partial charge in [0.2, 0.25) is 5.91 Å².